The molecule has 0 N–H and O–H groups in total. The van der Waals surface area contributed by atoms with Crippen molar-refractivity contribution in [2.75, 3.05) is 20.0 Å². The zero-order chi connectivity index (χ0) is 12.3. The maximum Gasteiger partial charge on any atom is 0.161 e. The number of benzene rings is 1. The van der Waals surface area contributed by atoms with Crippen molar-refractivity contribution in [3.8, 4) is 11.5 Å². The first-order chi connectivity index (χ1) is 8.24. The van der Waals surface area contributed by atoms with Gasteiger partial charge in [0.05, 0.1) is 14.2 Å². The first kappa shape index (κ1) is 12.0. The zero-order valence-electron chi connectivity index (χ0n) is 9.86. The minimum Gasteiger partial charge on any atom is -0.493 e. The number of ether oxygens (including phenoxy) is 2. The van der Waals surface area contributed by atoms with Crippen molar-refractivity contribution in [3.63, 3.8) is 0 Å². The van der Waals surface area contributed by atoms with E-state index in [1.54, 1.807) is 32.1 Å². The molecule has 0 saturated heterocycles. The summed E-state index contributed by atoms with van der Waals surface area (Å²) in [6.07, 6.45) is 2.33. The van der Waals surface area contributed by atoms with Crippen LogP contribution in [0.1, 0.15) is 12.0 Å². The third-order valence-corrected chi connectivity index (χ3v) is 3.64. The Morgan fingerprint density at radius 1 is 1.18 bits per heavy atom. The van der Waals surface area contributed by atoms with Crippen LogP contribution in [0.25, 0.3) is 4.91 Å². The molecule has 0 unspecified atom stereocenters. The fraction of sp³-hybridized carbons (Fsp3) is 0.308. The highest BCUT2D eigenvalue weighted by Gasteiger charge is 2.14. The summed E-state index contributed by atoms with van der Waals surface area (Å²) in [5, 5.41) is 0. The minimum atomic E-state index is 0.188. The molecule has 1 aromatic rings. The number of hydrogen-bond donors (Lipinski definition) is 0. The van der Waals surface area contributed by atoms with Gasteiger partial charge >= 0.3 is 0 Å². The van der Waals surface area contributed by atoms with Gasteiger partial charge < -0.3 is 9.47 Å². The molecule has 0 atom stereocenters. The summed E-state index contributed by atoms with van der Waals surface area (Å²) in [7, 11) is 3.21. The first-order valence-electron chi connectivity index (χ1n) is 5.34. The number of allylic oxidation sites excluding steroid dienone is 1. The Morgan fingerprint density at radius 3 is 2.59 bits per heavy atom. The summed E-state index contributed by atoms with van der Waals surface area (Å²) in [6.45, 7) is 0. The molecular weight excluding hydrogens is 236 g/mol. The first-order valence-corrected chi connectivity index (χ1v) is 6.33. The summed E-state index contributed by atoms with van der Waals surface area (Å²) >= 11 is 1.70. The fourth-order valence-corrected chi connectivity index (χ4v) is 2.71. The lowest BCUT2D eigenvalue weighted by atomic mass is 10.1. The van der Waals surface area contributed by atoms with Crippen molar-refractivity contribution in [2.45, 2.75) is 6.42 Å². The predicted molar refractivity (Wildman–Crippen MR) is 69.6 cm³/mol. The van der Waals surface area contributed by atoms with Crippen LogP contribution in [0.3, 0.4) is 0 Å². The Balaban J connectivity index is 2.36. The van der Waals surface area contributed by atoms with Gasteiger partial charge in [-0.2, -0.15) is 0 Å². The van der Waals surface area contributed by atoms with E-state index in [0.717, 1.165) is 16.2 Å². The van der Waals surface area contributed by atoms with Crippen LogP contribution in [0, 0.1) is 0 Å². The number of methoxy groups -OCH3 is 2. The zero-order valence-corrected chi connectivity index (χ0v) is 10.7. The van der Waals surface area contributed by atoms with E-state index in [4.69, 9.17) is 9.47 Å². The van der Waals surface area contributed by atoms with E-state index in [9.17, 15) is 4.79 Å². The number of thioether (sulfide) groups is 1. The van der Waals surface area contributed by atoms with Gasteiger partial charge in [0.1, 0.15) is 0 Å². The standard InChI is InChI=1S/C13H14O3S/c1-15-11-4-3-9(7-12(11)16-2)13-8-10(14)5-6-17-13/h3-4,7-8H,5-6H2,1-2H3. The van der Waals surface area contributed by atoms with Gasteiger partial charge in [0.2, 0.25) is 0 Å². The topological polar surface area (TPSA) is 35.5 Å². The van der Waals surface area contributed by atoms with E-state index < -0.39 is 0 Å². The molecule has 1 heterocycles. The molecule has 0 amide bonds. The molecule has 1 aromatic carbocycles. The number of carbonyl (C=O) groups excluding carboxylic acids is 1. The van der Waals surface area contributed by atoms with Crippen LogP contribution >= 0.6 is 11.8 Å². The molecule has 0 spiro atoms. The maximum absolute atomic E-state index is 11.4. The summed E-state index contributed by atoms with van der Waals surface area (Å²) < 4.78 is 10.4. The van der Waals surface area contributed by atoms with Gasteiger partial charge in [-0.1, -0.05) is 0 Å². The average molecular weight is 250 g/mol. The van der Waals surface area contributed by atoms with Gasteiger partial charge in [-0.3, -0.25) is 4.79 Å². The van der Waals surface area contributed by atoms with Crippen LogP contribution < -0.4 is 9.47 Å². The Kier molecular flexibility index (Phi) is 3.74. The van der Waals surface area contributed by atoms with Gasteiger partial charge in [0, 0.05) is 17.1 Å². The summed E-state index contributed by atoms with van der Waals surface area (Å²) in [5.74, 6) is 2.42. The molecule has 0 saturated carbocycles. The second kappa shape index (κ2) is 5.27. The van der Waals surface area contributed by atoms with Crippen LogP contribution in [-0.4, -0.2) is 25.8 Å². The molecule has 4 heteroatoms. The highest BCUT2D eigenvalue weighted by Crippen LogP contribution is 2.36. The van der Waals surface area contributed by atoms with Crippen LogP contribution in [0.4, 0.5) is 0 Å². The molecule has 0 aromatic heterocycles. The quantitative estimate of drug-likeness (QED) is 0.826. The molecule has 0 bridgehead atoms. The van der Waals surface area contributed by atoms with Crippen LogP contribution in [0.15, 0.2) is 24.3 Å². The largest absolute Gasteiger partial charge is 0.493 e. The van der Waals surface area contributed by atoms with E-state index in [1.807, 2.05) is 18.2 Å². The van der Waals surface area contributed by atoms with E-state index >= 15 is 0 Å². The molecule has 90 valence electrons. The van der Waals surface area contributed by atoms with Gasteiger partial charge in [0.15, 0.2) is 17.3 Å². The summed E-state index contributed by atoms with van der Waals surface area (Å²) in [4.78, 5) is 12.4. The van der Waals surface area contributed by atoms with Crippen molar-refractivity contribution >= 4 is 22.5 Å². The average Bonchev–Trinajstić information content (AvgIpc) is 2.38. The highest BCUT2D eigenvalue weighted by molar-refractivity contribution is 8.08. The molecule has 3 nitrogen and oxygen atoms in total. The minimum absolute atomic E-state index is 0.188. The van der Waals surface area contributed by atoms with E-state index in [-0.39, 0.29) is 5.78 Å². The van der Waals surface area contributed by atoms with Gasteiger partial charge in [-0.05, 0) is 29.8 Å². The Labute approximate surface area is 105 Å². The van der Waals surface area contributed by atoms with Gasteiger partial charge in [-0.25, -0.2) is 0 Å². The lowest BCUT2D eigenvalue weighted by Gasteiger charge is -2.14. The third-order valence-electron chi connectivity index (χ3n) is 2.57. The maximum atomic E-state index is 11.4. The van der Waals surface area contributed by atoms with Crippen molar-refractivity contribution in [1.82, 2.24) is 0 Å². The second-order valence-electron chi connectivity index (χ2n) is 3.64. The lowest BCUT2D eigenvalue weighted by molar-refractivity contribution is -0.114. The van der Waals surface area contributed by atoms with Crippen LogP contribution in [0.5, 0.6) is 11.5 Å². The van der Waals surface area contributed by atoms with Gasteiger partial charge in [0.25, 0.3) is 0 Å². The number of ketones is 1. The van der Waals surface area contributed by atoms with Crippen molar-refractivity contribution in [3.05, 3.63) is 29.8 Å². The summed E-state index contributed by atoms with van der Waals surface area (Å²) in [5.41, 5.74) is 1.00. The molecule has 17 heavy (non-hydrogen) atoms. The van der Waals surface area contributed by atoms with Gasteiger partial charge in [-0.15, -0.1) is 11.8 Å². The molecule has 0 aliphatic carbocycles. The summed E-state index contributed by atoms with van der Waals surface area (Å²) in [6, 6.07) is 5.70. The monoisotopic (exact) mass is 250 g/mol. The molecule has 1 aliphatic heterocycles. The Hall–Kier alpha value is -1.42. The normalized spacial score (nSPS) is 15.4. The third kappa shape index (κ3) is 2.64. The molecule has 0 fully saturated rings. The van der Waals surface area contributed by atoms with E-state index in [0.29, 0.717) is 17.9 Å². The van der Waals surface area contributed by atoms with Crippen molar-refractivity contribution in [1.29, 1.82) is 0 Å². The van der Waals surface area contributed by atoms with E-state index in [2.05, 4.69) is 0 Å². The SMILES string of the molecule is COc1ccc(C2=CC(=O)CCS2)cc1OC. The van der Waals surface area contributed by atoms with Crippen LogP contribution in [-0.2, 0) is 4.79 Å². The molecule has 2 rings (SSSR count). The molecule has 0 radical (unpaired) electrons. The number of rotatable bonds is 3. The van der Waals surface area contributed by atoms with Crippen molar-refractivity contribution in [2.24, 2.45) is 0 Å². The molecular formula is C13H14O3S. The lowest BCUT2D eigenvalue weighted by Crippen LogP contribution is -2.02. The number of carbonyl (C=O) groups is 1. The smallest absolute Gasteiger partial charge is 0.161 e. The molecule has 1 aliphatic rings. The van der Waals surface area contributed by atoms with Crippen LogP contribution in [0.2, 0.25) is 0 Å². The fourth-order valence-electron chi connectivity index (χ4n) is 1.68. The Bertz CT molecular complexity index is 466. The Morgan fingerprint density at radius 2 is 1.94 bits per heavy atom. The highest BCUT2D eigenvalue weighted by atomic mass is 32.2. The van der Waals surface area contributed by atoms with E-state index in [1.165, 1.54) is 0 Å². The predicted octanol–water partition coefficient (Wildman–Crippen LogP) is 2.75. The number of hydrogen-bond acceptors (Lipinski definition) is 4. The van der Waals surface area contributed by atoms with Crippen molar-refractivity contribution < 1.29 is 14.3 Å². The second-order valence-corrected chi connectivity index (χ2v) is 4.78.